The first-order chi connectivity index (χ1) is 11.6. The lowest BCUT2D eigenvalue weighted by Crippen LogP contribution is -2.50. The predicted octanol–water partition coefficient (Wildman–Crippen LogP) is -0.00938. The van der Waals surface area contributed by atoms with Crippen LogP contribution >= 0.6 is 0 Å². The van der Waals surface area contributed by atoms with Crippen molar-refractivity contribution in [1.82, 2.24) is 19.6 Å². The second kappa shape index (κ2) is 7.21. The largest absolute Gasteiger partial charge is 0.395 e. The number of carbonyl (C=O) groups excluding carboxylic acids is 1. The number of piperidine rings is 1. The van der Waals surface area contributed by atoms with Crippen LogP contribution in [0.1, 0.15) is 30.5 Å². The van der Waals surface area contributed by atoms with Crippen LogP contribution in [0.2, 0.25) is 0 Å². The number of hydrogen-bond donors (Lipinski definition) is 2. The maximum absolute atomic E-state index is 12.8. The highest BCUT2D eigenvalue weighted by Crippen LogP contribution is 2.40. The number of amides is 1. The van der Waals surface area contributed by atoms with Gasteiger partial charge in [-0.25, -0.2) is 0 Å². The molecule has 1 aromatic rings. The maximum atomic E-state index is 12.8. The standard InChI is InChI=1S/C17H28N4O3/c1-14-15(12-21(18-14)8-10-23)11-19-6-4-17(13-19)3-2-5-20(7-9-22)16(17)24/h12,22-23H,2-11,13H2,1H3/t17-/m0/s1. The highest BCUT2D eigenvalue weighted by Gasteiger charge is 2.48. The van der Waals surface area contributed by atoms with Crippen LogP contribution in [0.4, 0.5) is 0 Å². The third-order valence-corrected chi connectivity index (χ3v) is 5.40. The van der Waals surface area contributed by atoms with Crippen molar-refractivity contribution in [3.05, 3.63) is 17.5 Å². The number of aryl methyl sites for hydroxylation is 1. The molecule has 0 unspecified atom stereocenters. The quantitative estimate of drug-likeness (QED) is 0.764. The van der Waals surface area contributed by atoms with Gasteiger partial charge in [0.15, 0.2) is 0 Å². The molecular weight excluding hydrogens is 308 g/mol. The molecule has 7 heteroatoms. The lowest BCUT2D eigenvalue weighted by Gasteiger charge is -2.39. The van der Waals surface area contributed by atoms with E-state index in [2.05, 4.69) is 10.00 Å². The van der Waals surface area contributed by atoms with Crippen LogP contribution in [0.5, 0.6) is 0 Å². The predicted molar refractivity (Wildman–Crippen MR) is 89.3 cm³/mol. The second-order valence-electron chi connectivity index (χ2n) is 7.09. The number of nitrogens with zero attached hydrogens (tertiary/aromatic N) is 4. The number of aliphatic hydroxyl groups excluding tert-OH is 2. The van der Waals surface area contributed by atoms with Gasteiger partial charge in [-0.15, -0.1) is 0 Å². The van der Waals surface area contributed by atoms with Gasteiger partial charge < -0.3 is 15.1 Å². The Labute approximate surface area is 142 Å². The summed E-state index contributed by atoms with van der Waals surface area (Å²) in [6.07, 6.45) is 4.87. The van der Waals surface area contributed by atoms with E-state index in [9.17, 15) is 4.79 Å². The fourth-order valence-electron chi connectivity index (χ4n) is 4.13. The van der Waals surface area contributed by atoms with Crippen molar-refractivity contribution in [2.75, 3.05) is 39.4 Å². The van der Waals surface area contributed by atoms with E-state index in [4.69, 9.17) is 10.2 Å². The van der Waals surface area contributed by atoms with Gasteiger partial charge in [-0.05, 0) is 32.7 Å². The number of hydrogen-bond acceptors (Lipinski definition) is 5. The summed E-state index contributed by atoms with van der Waals surface area (Å²) >= 11 is 0. The first-order valence-corrected chi connectivity index (χ1v) is 8.84. The minimum absolute atomic E-state index is 0.0365. The Balaban J connectivity index is 1.65. The van der Waals surface area contributed by atoms with Crippen molar-refractivity contribution in [1.29, 1.82) is 0 Å². The number of β-amino-alcohol motifs (C(OH)–C–C–N with tert-alkyl or cyclic N) is 1. The smallest absolute Gasteiger partial charge is 0.230 e. The molecule has 2 saturated heterocycles. The Morgan fingerprint density at radius 1 is 1.21 bits per heavy atom. The summed E-state index contributed by atoms with van der Waals surface area (Å²) in [4.78, 5) is 17.0. The molecule has 2 fully saturated rings. The molecule has 2 N–H and O–H groups in total. The first-order valence-electron chi connectivity index (χ1n) is 8.84. The van der Waals surface area contributed by atoms with E-state index in [0.717, 1.165) is 56.7 Å². The molecule has 3 rings (SSSR count). The molecule has 0 aliphatic carbocycles. The molecular formula is C17H28N4O3. The van der Waals surface area contributed by atoms with Crippen LogP contribution in [0.25, 0.3) is 0 Å². The summed E-state index contributed by atoms with van der Waals surface area (Å²) in [5.74, 6) is 0.220. The molecule has 1 aromatic heterocycles. The van der Waals surface area contributed by atoms with Gasteiger partial charge in [-0.2, -0.15) is 5.10 Å². The second-order valence-corrected chi connectivity index (χ2v) is 7.09. The zero-order valence-electron chi connectivity index (χ0n) is 14.4. The van der Waals surface area contributed by atoms with Gasteiger partial charge in [0.2, 0.25) is 5.91 Å². The summed E-state index contributed by atoms with van der Waals surface area (Å²) in [6, 6.07) is 0. The Hall–Kier alpha value is -1.44. The van der Waals surface area contributed by atoms with E-state index >= 15 is 0 Å². The third kappa shape index (κ3) is 3.34. The summed E-state index contributed by atoms with van der Waals surface area (Å²) in [7, 11) is 0. The van der Waals surface area contributed by atoms with E-state index in [-0.39, 0.29) is 24.5 Å². The van der Waals surface area contributed by atoms with Gasteiger partial charge in [0.1, 0.15) is 0 Å². The van der Waals surface area contributed by atoms with Crippen molar-refractivity contribution in [3.8, 4) is 0 Å². The van der Waals surface area contributed by atoms with Gasteiger partial charge in [-0.1, -0.05) is 0 Å². The lowest BCUT2D eigenvalue weighted by molar-refractivity contribution is -0.146. The van der Waals surface area contributed by atoms with Gasteiger partial charge in [0, 0.05) is 37.9 Å². The van der Waals surface area contributed by atoms with E-state index in [1.54, 1.807) is 4.68 Å². The average Bonchev–Trinajstić information content (AvgIpc) is 3.10. The molecule has 0 aromatic carbocycles. The van der Waals surface area contributed by atoms with Crippen molar-refractivity contribution in [2.45, 2.75) is 39.3 Å². The van der Waals surface area contributed by atoms with E-state index in [0.29, 0.717) is 13.1 Å². The molecule has 0 bridgehead atoms. The minimum Gasteiger partial charge on any atom is -0.395 e. The molecule has 3 heterocycles. The van der Waals surface area contributed by atoms with E-state index in [1.807, 2.05) is 18.0 Å². The highest BCUT2D eigenvalue weighted by molar-refractivity contribution is 5.84. The van der Waals surface area contributed by atoms with Gasteiger partial charge >= 0.3 is 0 Å². The molecule has 1 spiro atoms. The maximum Gasteiger partial charge on any atom is 0.230 e. The Morgan fingerprint density at radius 3 is 2.75 bits per heavy atom. The summed E-state index contributed by atoms with van der Waals surface area (Å²) < 4.78 is 1.78. The van der Waals surface area contributed by atoms with Gasteiger partial charge in [0.05, 0.1) is 30.9 Å². The fraction of sp³-hybridized carbons (Fsp3) is 0.765. The topological polar surface area (TPSA) is 81.8 Å². The Morgan fingerprint density at radius 2 is 2.00 bits per heavy atom. The van der Waals surface area contributed by atoms with Crippen LogP contribution in [0.15, 0.2) is 6.20 Å². The summed E-state index contributed by atoms with van der Waals surface area (Å²) in [5, 5.41) is 22.6. The summed E-state index contributed by atoms with van der Waals surface area (Å²) in [5.41, 5.74) is 1.89. The lowest BCUT2D eigenvalue weighted by atomic mass is 9.78. The van der Waals surface area contributed by atoms with Crippen molar-refractivity contribution < 1.29 is 15.0 Å². The number of aliphatic hydroxyl groups is 2. The van der Waals surface area contributed by atoms with Crippen molar-refractivity contribution in [2.24, 2.45) is 5.41 Å². The number of likely N-dealkylation sites (tertiary alicyclic amines) is 2. The number of carbonyl (C=O) groups is 1. The molecule has 0 radical (unpaired) electrons. The van der Waals surface area contributed by atoms with Gasteiger partial charge in [0.25, 0.3) is 0 Å². The average molecular weight is 336 g/mol. The van der Waals surface area contributed by atoms with Crippen molar-refractivity contribution in [3.63, 3.8) is 0 Å². The number of rotatable bonds is 6. The van der Waals surface area contributed by atoms with E-state index < -0.39 is 0 Å². The van der Waals surface area contributed by atoms with Crippen LogP contribution in [0.3, 0.4) is 0 Å². The van der Waals surface area contributed by atoms with Crippen molar-refractivity contribution >= 4 is 5.91 Å². The molecule has 1 atom stereocenters. The summed E-state index contributed by atoms with van der Waals surface area (Å²) in [6.45, 7) is 6.36. The molecule has 1 amide bonds. The monoisotopic (exact) mass is 336 g/mol. The zero-order valence-corrected chi connectivity index (χ0v) is 14.4. The van der Waals surface area contributed by atoms with Crippen LogP contribution in [-0.2, 0) is 17.9 Å². The molecule has 134 valence electrons. The molecule has 0 saturated carbocycles. The fourth-order valence-corrected chi connectivity index (χ4v) is 4.13. The Kier molecular flexibility index (Phi) is 5.22. The minimum atomic E-state index is -0.261. The number of aromatic nitrogens is 2. The normalized spacial score (nSPS) is 25.1. The molecule has 7 nitrogen and oxygen atoms in total. The molecule has 24 heavy (non-hydrogen) atoms. The van der Waals surface area contributed by atoms with Crippen LogP contribution < -0.4 is 0 Å². The molecule has 2 aliphatic rings. The SMILES string of the molecule is Cc1nn(CCO)cc1CN1CC[C@@]2(CCCN(CCO)C2=O)C1. The third-order valence-electron chi connectivity index (χ3n) is 5.40. The zero-order chi connectivity index (χ0) is 17.2. The molecule has 2 aliphatic heterocycles. The van der Waals surface area contributed by atoms with Crippen LogP contribution in [-0.4, -0.2) is 75.1 Å². The van der Waals surface area contributed by atoms with E-state index in [1.165, 1.54) is 0 Å². The van der Waals surface area contributed by atoms with Gasteiger partial charge in [-0.3, -0.25) is 14.4 Å². The van der Waals surface area contributed by atoms with Crippen LogP contribution in [0, 0.1) is 12.3 Å². The Bertz CT molecular complexity index is 586. The highest BCUT2D eigenvalue weighted by atomic mass is 16.3. The first kappa shape index (κ1) is 17.4.